The first kappa shape index (κ1) is 12.3. The molecular formula is C13H25NO2. The van der Waals surface area contributed by atoms with E-state index in [1.165, 1.54) is 25.9 Å². The van der Waals surface area contributed by atoms with Gasteiger partial charge < -0.3 is 14.7 Å². The lowest BCUT2D eigenvalue weighted by atomic mass is 9.61. The van der Waals surface area contributed by atoms with Gasteiger partial charge in [0.2, 0.25) is 0 Å². The summed E-state index contributed by atoms with van der Waals surface area (Å²) in [6.07, 6.45) is 3.62. The van der Waals surface area contributed by atoms with Gasteiger partial charge in [-0.25, -0.2) is 0 Å². The van der Waals surface area contributed by atoms with Gasteiger partial charge in [-0.1, -0.05) is 13.3 Å². The highest BCUT2D eigenvalue weighted by atomic mass is 16.5. The molecule has 2 aliphatic heterocycles. The van der Waals surface area contributed by atoms with E-state index >= 15 is 0 Å². The van der Waals surface area contributed by atoms with E-state index in [1.807, 2.05) is 0 Å². The standard InChI is InChI=1S/C13H25NO2/c1-3-11(8-15)13(9-16-10-13)12-4-6-14(2)7-5-12/h11-12,15H,3-10H2,1-2H3. The Bertz CT molecular complexity index is 216. The van der Waals surface area contributed by atoms with Crippen molar-refractivity contribution in [3.05, 3.63) is 0 Å². The van der Waals surface area contributed by atoms with Crippen molar-refractivity contribution in [3.8, 4) is 0 Å². The van der Waals surface area contributed by atoms with E-state index in [2.05, 4.69) is 18.9 Å². The second-order valence-corrected chi connectivity index (χ2v) is 5.59. The van der Waals surface area contributed by atoms with E-state index in [4.69, 9.17) is 4.74 Å². The van der Waals surface area contributed by atoms with Crippen LogP contribution >= 0.6 is 0 Å². The Hall–Kier alpha value is -0.120. The minimum atomic E-state index is 0.296. The molecule has 2 saturated heterocycles. The summed E-state index contributed by atoms with van der Waals surface area (Å²) in [7, 11) is 2.20. The maximum atomic E-state index is 9.54. The van der Waals surface area contributed by atoms with E-state index in [0.29, 0.717) is 17.9 Å². The lowest BCUT2D eigenvalue weighted by molar-refractivity contribution is -0.193. The van der Waals surface area contributed by atoms with Crippen LogP contribution < -0.4 is 0 Å². The molecule has 16 heavy (non-hydrogen) atoms. The van der Waals surface area contributed by atoms with E-state index in [0.717, 1.165) is 25.6 Å². The van der Waals surface area contributed by atoms with Crippen molar-refractivity contribution in [2.24, 2.45) is 17.3 Å². The molecule has 2 aliphatic rings. The molecule has 1 atom stereocenters. The number of aliphatic hydroxyl groups is 1. The number of rotatable bonds is 4. The maximum Gasteiger partial charge on any atom is 0.0551 e. The van der Waals surface area contributed by atoms with Gasteiger partial charge in [-0.05, 0) is 44.8 Å². The Labute approximate surface area is 98.8 Å². The third-order valence-electron chi connectivity index (χ3n) is 4.80. The second-order valence-electron chi connectivity index (χ2n) is 5.59. The number of nitrogens with zero attached hydrogens (tertiary/aromatic N) is 1. The van der Waals surface area contributed by atoms with E-state index in [9.17, 15) is 5.11 Å². The predicted molar refractivity (Wildman–Crippen MR) is 64.3 cm³/mol. The average Bonchev–Trinajstić information content (AvgIpc) is 2.25. The minimum absolute atomic E-state index is 0.296. The van der Waals surface area contributed by atoms with Gasteiger partial charge in [-0.15, -0.1) is 0 Å². The summed E-state index contributed by atoms with van der Waals surface area (Å²) in [5.41, 5.74) is 0.296. The monoisotopic (exact) mass is 227 g/mol. The largest absolute Gasteiger partial charge is 0.396 e. The molecular weight excluding hydrogens is 202 g/mol. The molecule has 0 spiro atoms. The van der Waals surface area contributed by atoms with Crippen LogP contribution in [0.15, 0.2) is 0 Å². The van der Waals surface area contributed by atoms with Crippen LogP contribution in [0.3, 0.4) is 0 Å². The van der Waals surface area contributed by atoms with Crippen LogP contribution in [0.1, 0.15) is 26.2 Å². The van der Waals surface area contributed by atoms with Gasteiger partial charge in [0.05, 0.1) is 13.2 Å². The second kappa shape index (κ2) is 5.03. The molecule has 0 aromatic heterocycles. The molecule has 0 saturated carbocycles. The van der Waals surface area contributed by atoms with Gasteiger partial charge in [0.25, 0.3) is 0 Å². The summed E-state index contributed by atoms with van der Waals surface area (Å²) in [6, 6.07) is 0. The molecule has 2 rings (SSSR count). The lowest BCUT2D eigenvalue weighted by Gasteiger charge is -2.53. The fraction of sp³-hybridized carbons (Fsp3) is 1.00. The number of hydrogen-bond donors (Lipinski definition) is 1. The van der Waals surface area contributed by atoms with Gasteiger partial charge in [-0.2, -0.15) is 0 Å². The molecule has 1 N–H and O–H groups in total. The normalized spacial score (nSPS) is 28.7. The van der Waals surface area contributed by atoms with Crippen molar-refractivity contribution in [1.29, 1.82) is 0 Å². The van der Waals surface area contributed by atoms with Gasteiger partial charge in [-0.3, -0.25) is 0 Å². The zero-order valence-corrected chi connectivity index (χ0v) is 10.6. The SMILES string of the molecule is CCC(CO)C1(C2CCN(C)CC2)COC1. The average molecular weight is 227 g/mol. The molecule has 0 aromatic carbocycles. The third-order valence-corrected chi connectivity index (χ3v) is 4.80. The highest BCUT2D eigenvalue weighted by Gasteiger charge is 2.50. The van der Waals surface area contributed by atoms with Gasteiger partial charge >= 0.3 is 0 Å². The summed E-state index contributed by atoms with van der Waals surface area (Å²) in [4.78, 5) is 2.41. The van der Waals surface area contributed by atoms with Crippen molar-refractivity contribution >= 4 is 0 Å². The molecule has 3 heteroatoms. The van der Waals surface area contributed by atoms with Crippen LogP contribution in [-0.2, 0) is 4.74 Å². The smallest absolute Gasteiger partial charge is 0.0551 e. The lowest BCUT2D eigenvalue weighted by Crippen LogP contribution is -2.56. The third kappa shape index (κ3) is 2.01. The first-order valence-corrected chi connectivity index (χ1v) is 6.60. The fourth-order valence-electron chi connectivity index (χ4n) is 3.44. The Kier molecular flexibility index (Phi) is 3.88. The molecule has 3 nitrogen and oxygen atoms in total. The maximum absolute atomic E-state index is 9.54. The van der Waals surface area contributed by atoms with Crippen molar-refractivity contribution in [2.45, 2.75) is 26.2 Å². The summed E-state index contributed by atoms with van der Waals surface area (Å²) >= 11 is 0. The highest BCUT2D eigenvalue weighted by molar-refractivity contribution is 4.98. The van der Waals surface area contributed by atoms with Gasteiger partial charge in [0.15, 0.2) is 0 Å². The van der Waals surface area contributed by atoms with Crippen molar-refractivity contribution in [1.82, 2.24) is 4.90 Å². The fourth-order valence-corrected chi connectivity index (χ4v) is 3.44. The number of piperidine rings is 1. The number of ether oxygens (including phenoxy) is 1. The van der Waals surface area contributed by atoms with Crippen LogP contribution in [0, 0.1) is 17.3 Å². The molecule has 0 aromatic rings. The van der Waals surface area contributed by atoms with Crippen LogP contribution in [-0.4, -0.2) is 50.0 Å². The molecule has 94 valence electrons. The molecule has 0 bridgehead atoms. The molecule has 2 heterocycles. The van der Waals surface area contributed by atoms with Crippen LogP contribution in [0.2, 0.25) is 0 Å². The Morgan fingerprint density at radius 1 is 1.38 bits per heavy atom. The van der Waals surface area contributed by atoms with Crippen LogP contribution in [0.5, 0.6) is 0 Å². The Morgan fingerprint density at radius 2 is 2.00 bits per heavy atom. The summed E-state index contributed by atoms with van der Waals surface area (Å²) in [5.74, 6) is 1.20. The Morgan fingerprint density at radius 3 is 2.38 bits per heavy atom. The number of hydrogen-bond acceptors (Lipinski definition) is 3. The number of likely N-dealkylation sites (tertiary alicyclic amines) is 1. The van der Waals surface area contributed by atoms with E-state index in [-0.39, 0.29) is 0 Å². The van der Waals surface area contributed by atoms with Crippen molar-refractivity contribution in [2.75, 3.05) is 40.0 Å². The predicted octanol–water partition coefficient (Wildman–Crippen LogP) is 1.36. The summed E-state index contributed by atoms with van der Waals surface area (Å²) in [6.45, 7) is 6.67. The number of aliphatic hydroxyl groups excluding tert-OH is 1. The summed E-state index contributed by atoms with van der Waals surface area (Å²) < 4.78 is 5.48. The Balaban J connectivity index is 2.03. The minimum Gasteiger partial charge on any atom is -0.396 e. The van der Waals surface area contributed by atoms with Gasteiger partial charge in [0, 0.05) is 12.0 Å². The highest BCUT2D eigenvalue weighted by Crippen LogP contribution is 2.48. The molecule has 1 unspecified atom stereocenters. The van der Waals surface area contributed by atoms with E-state index < -0.39 is 0 Å². The van der Waals surface area contributed by atoms with Crippen molar-refractivity contribution in [3.63, 3.8) is 0 Å². The molecule has 0 amide bonds. The van der Waals surface area contributed by atoms with Gasteiger partial charge in [0.1, 0.15) is 0 Å². The van der Waals surface area contributed by atoms with Crippen LogP contribution in [0.4, 0.5) is 0 Å². The zero-order chi connectivity index (χ0) is 11.6. The first-order valence-electron chi connectivity index (χ1n) is 6.60. The molecule has 2 fully saturated rings. The van der Waals surface area contributed by atoms with Crippen molar-refractivity contribution < 1.29 is 9.84 Å². The summed E-state index contributed by atoms with van der Waals surface area (Å²) in [5, 5.41) is 9.54. The first-order chi connectivity index (χ1) is 7.73. The van der Waals surface area contributed by atoms with E-state index in [1.54, 1.807) is 0 Å². The molecule has 0 aliphatic carbocycles. The molecule has 0 radical (unpaired) electrons. The topological polar surface area (TPSA) is 32.7 Å². The van der Waals surface area contributed by atoms with Crippen LogP contribution in [0.25, 0.3) is 0 Å². The zero-order valence-electron chi connectivity index (χ0n) is 10.6. The quantitative estimate of drug-likeness (QED) is 0.787.